The van der Waals surface area contributed by atoms with E-state index in [1.54, 1.807) is 103 Å². The molecule has 15 nitrogen and oxygen atoms in total. The second-order valence-corrected chi connectivity index (χ2v) is 15.4. The summed E-state index contributed by atoms with van der Waals surface area (Å²) in [7, 11) is 0. The van der Waals surface area contributed by atoms with Crippen LogP contribution in [0.4, 0.5) is 0 Å². The van der Waals surface area contributed by atoms with Gasteiger partial charge in [0.25, 0.3) is 0 Å². The number of ether oxygens (including phenoxy) is 9. The van der Waals surface area contributed by atoms with Gasteiger partial charge >= 0.3 is 29.8 Å². The average molecular weight is 971 g/mol. The Balaban J connectivity index is 0.864. The summed E-state index contributed by atoms with van der Waals surface area (Å²) >= 11 is 0. The first-order chi connectivity index (χ1) is 35.0. The van der Waals surface area contributed by atoms with Crippen molar-refractivity contribution in [2.75, 3.05) is 26.4 Å². The molecule has 15 heteroatoms. The molecule has 0 saturated carbocycles. The highest BCUT2D eigenvalue weighted by atomic mass is 16.6. The van der Waals surface area contributed by atoms with Crippen molar-refractivity contribution in [1.82, 2.24) is 0 Å². The predicted octanol–water partition coefficient (Wildman–Crippen LogP) is 11.0. The Bertz CT molecular complexity index is 3260. The zero-order valence-electron chi connectivity index (χ0n) is 38.9. The Morgan fingerprint density at radius 1 is 0.431 bits per heavy atom. The van der Waals surface area contributed by atoms with Gasteiger partial charge in [-0.1, -0.05) is 56.5 Å². The van der Waals surface area contributed by atoms with Gasteiger partial charge < -0.3 is 42.6 Å². The van der Waals surface area contributed by atoms with E-state index in [4.69, 9.17) is 42.6 Å². The van der Waals surface area contributed by atoms with Crippen LogP contribution in [0.15, 0.2) is 178 Å². The minimum atomic E-state index is -0.704. The van der Waals surface area contributed by atoms with Crippen LogP contribution in [0.3, 0.4) is 0 Å². The fraction of sp³-hybridized carbons (Fsp3) is 0.123. The average Bonchev–Trinajstić information content (AvgIpc) is 3.39. The summed E-state index contributed by atoms with van der Waals surface area (Å²) in [5.41, 5.74) is 0.936. The number of fused-ring (bicyclic) bond motifs is 3. The number of hydrogen-bond acceptors (Lipinski definition) is 15. The van der Waals surface area contributed by atoms with Crippen LogP contribution in [-0.2, 0) is 28.5 Å². The van der Waals surface area contributed by atoms with E-state index in [0.717, 1.165) is 39.1 Å². The first-order valence-corrected chi connectivity index (χ1v) is 22.4. The summed E-state index contributed by atoms with van der Waals surface area (Å²) in [5, 5.41) is 4.56. The molecule has 0 aromatic heterocycles. The highest BCUT2D eigenvalue weighted by Gasteiger charge is 2.20. The van der Waals surface area contributed by atoms with Crippen LogP contribution < -0.4 is 23.7 Å². The highest BCUT2D eigenvalue weighted by molar-refractivity contribution is 6.03. The van der Waals surface area contributed by atoms with Crippen LogP contribution in [0.5, 0.6) is 28.7 Å². The minimum absolute atomic E-state index is 0.00586. The van der Waals surface area contributed by atoms with E-state index in [9.17, 15) is 28.8 Å². The molecule has 72 heavy (non-hydrogen) atoms. The summed E-state index contributed by atoms with van der Waals surface area (Å²) in [6.07, 6.45) is 8.22. The molecule has 0 amide bonds. The molecule has 0 aliphatic heterocycles. The van der Waals surface area contributed by atoms with Crippen LogP contribution in [0.2, 0.25) is 0 Å². The van der Waals surface area contributed by atoms with Crippen molar-refractivity contribution in [3.63, 3.8) is 0 Å². The van der Waals surface area contributed by atoms with E-state index >= 15 is 0 Å². The lowest BCUT2D eigenvalue weighted by atomic mass is 10.0. The number of Topliss-reactive ketones (excluding diaryl/α,β-unsaturated/α-hetero) is 1. The summed E-state index contributed by atoms with van der Waals surface area (Å²) in [6.45, 7) is 8.87. The number of ketones is 1. The van der Waals surface area contributed by atoms with Crippen LogP contribution in [0, 0.1) is 0 Å². The van der Waals surface area contributed by atoms with Crippen LogP contribution in [0.1, 0.15) is 61.2 Å². The number of rotatable bonds is 23. The van der Waals surface area contributed by atoms with Gasteiger partial charge in [-0.2, -0.15) is 0 Å². The smallest absolute Gasteiger partial charge is 0.343 e. The lowest BCUT2D eigenvalue weighted by Gasteiger charge is -2.12. The van der Waals surface area contributed by atoms with Gasteiger partial charge in [0.05, 0.1) is 22.3 Å². The molecule has 0 bridgehead atoms. The molecule has 0 saturated heterocycles. The molecule has 0 unspecified atom stereocenters. The maximum absolute atomic E-state index is 13.3. The summed E-state index contributed by atoms with van der Waals surface area (Å²) in [6, 6.07) is 34.8. The van der Waals surface area contributed by atoms with Crippen LogP contribution in [-0.4, -0.2) is 62.1 Å². The lowest BCUT2D eigenvalue weighted by molar-refractivity contribution is -0.138. The van der Waals surface area contributed by atoms with Gasteiger partial charge in [0.15, 0.2) is 5.78 Å². The molecule has 0 fully saturated rings. The lowest BCUT2D eigenvalue weighted by Crippen LogP contribution is -2.13. The van der Waals surface area contributed by atoms with Crippen molar-refractivity contribution in [2.45, 2.75) is 19.8 Å². The SMILES string of the molecule is C=CC(=O)OCCO/C=C\Oc1ccc2cc(C(=O)OCCO/C=C\Oc3ccc4cc(C(=O)Oc5ccc(OC(=O)c6ccc7cc(OC(=O)C=C)ccc7c6)c(C(=O)CCC)c5)ccc4c3)ccc2c1. The van der Waals surface area contributed by atoms with Crippen LogP contribution in [0.25, 0.3) is 32.3 Å². The van der Waals surface area contributed by atoms with Gasteiger partial charge in [0.2, 0.25) is 0 Å². The van der Waals surface area contributed by atoms with Gasteiger partial charge in [0, 0.05) is 18.6 Å². The fourth-order valence-electron chi connectivity index (χ4n) is 6.93. The normalized spacial score (nSPS) is 11.0. The molecule has 0 atom stereocenters. The van der Waals surface area contributed by atoms with Crippen molar-refractivity contribution >= 4 is 67.9 Å². The van der Waals surface area contributed by atoms with Crippen molar-refractivity contribution in [3.8, 4) is 28.7 Å². The monoisotopic (exact) mass is 970 g/mol. The molecular weight excluding hydrogens is 925 g/mol. The Morgan fingerprint density at radius 3 is 1.42 bits per heavy atom. The zero-order chi connectivity index (χ0) is 50.8. The van der Waals surface area contributed by atoms with E-state index in [2.05, 4.69) is 13.2 Å². The van der Waals surface area contributed by atoms with E-state index in [1.807, 2.05) is 13.0 Å². The molecular formula is C57H46O15. The van der Waals surface area contributed by atoms with Gasteiger partial charge in [-0.15, -0.1) is 0 Å². The fourth-order valence-corrected chi connectivity index (χ4v) is 6.93. The Morgan fingerprint density at radius 2 is 0.875 bits per heavy atom. The molecule has 0 N–H and O–H groups in total. The van der Waals surface area contributed by atoms with Gasteiger partial charge in [-0.3, -0.25) is 4.79 Å². The molecule has 7 aromatic rings. The second-order valence-electron chi connectivity index (χ2n) is 15.4. The number of carbonyl (C=O) groups is 6. The molecule has 0 spiro atoms. The third kappa shape index (κ3) is 13.8. The van der Waals surface area contributed by atoms with Gasteiger partial charge in [-0.05, 0) is 130 Å². The second kappa shape index (κ2) is 24.7. The number of hydrogen-bond donors (Lipinski definition) is 0. The summed E-state index contributed by atoms with van der Waals surface area (Å²) in [4.78, 5) is 75.2. The molecule has 364 valence electrons. The van der Waals surface area contributed by atoms with Gasteiger partial charge in [0.1, 0.15) is 80.2 Å². The molecule has 0 aliphatic carbocycles. The molecule has 0 heterocycles. The quantitative estimate of drug-likeness (QED) is 0.0147. The Kier molecular flexibility index (Phi) is 17.3. The summed E-state index contributed by atoms with van der Waals surface area (Å²) in [5.74, 6) is -1.82. The van der Waals surface area contributed by atoms with Crippen LogP contribution >= 0.6 is 0 Å². The Labute approximate surface area is 413 Å². The van der Waals surface area contributed by atoms with Crippen molar-refractivity contribution in [3.05, 3.63) is 200 Å². The number of benzene rings is 7. The van der Waals surface area contributed by atoms with Crippen molar-refractivity contribution in [1.29, 1.82) is 0 Å². The van der Waals surface area contributed by atoms with E-state index in [-0.39, 0.29) is 66.8 Å². The first kappa shape index (κ1) is 50.4. The summed E-state index contributed by atoms with van der Waals surface area (Å²) < 4.78 is 48.7. The Hall–Kier alpha value is -9.50. The maximum Gasteiger partial charge on any atom is 0.343 e. The van der Waals surface area contributed by atoms with Gasteiger partial charge in [-0.25, -0.2) is 24.0 Å². The van der Waals surface area contributed by atoms with E-state index < -0.39 is 29.8 Å². The van der Waals surface area contributed by atoms with Crippen molar-refractivity contribution in [2.24, 2.45) is 0 Å². The van der Waals surface area contributed by atoms with E-state index in [1.165, 1.54) is 43.2 Å². The third-order valence-electron chi connectivity index (χ3n) is 10.4. The molecule has 0 aliphatic rings. The predicted molar refractivity (Wildman–Crippen MR) is 266 cm³/mol. The molecule has 0 radical (unpaired) electrons. The number of carbonyl (C=O) groups excluding carboxylic acids is 6. The molecule has 7 rings (SSSR count). The number of esters is 5. The zero-order valence-corrected chi connectivity index (χ0v) is 38.9. The molecule has 7 aromatic carbocycles. The third-order valence-corrected chi connectivity index (χ3v) is 10.4. The topological polar surface area (TPSA) is 185 Å². The first-order valence-electron chi connectivity index (χ1n) is 22.4. The largest absolute Gasteiger partial charge is 0.494 e. The minimum Gasteiger partial charge on any atom is -0.494 e. The standard InChI is InChI=1S/C57H46O15/c1-4-7-51(58)50-36-49(20-21-52(50)72-57(63)45-13-10-42-35-48(70-54(60)6-3)19-16-39(42)32-45)71-56(62)44-12-9-41-34-47(18-15-38(41)31-44)67-27-23-65-25-29-69-55(61)43-11-8-40-33-46(17-14-37(40)30-43)66-26-22-64-24-28-68-53(59)5-2/h5-6,8-23,26-27,30-36H,2-4,7,24-25,28-29H2,1H3/b26-22-,27-23-. The highest BCUT2D eigenvalue weighted by Crippen LogP contribution is 2.30. The van der Waals surface area contributed by atoms with Crippen molar-refractivity contribution < 1.29 is 71.4 Å². The van der Waals surface area contributed by atoms with E-state index in [0.29, 0.717) is 34.6 Å². The maximum atomic E-state index is 13.3.